The first-order valence-electron chi connectivity index (χ1n) is 4.90. The van der Waals surface area contributed by atoms with Gasteiger partial charge in [-0.25, -0.2) is 0 Å². The molecule has 17 heavy (non-hydrogen) atoms. The van der Waals surface area contributed by atoms with Gasteiger partial charge in [-0.15, -0.1) is 0 Å². The number of rotatable bonds is 1. The fourth-order valence-corrected chi connectivity index (χ4v) is 3.06. The second-order valence-corrected chi connectivity index (χ2v) is 5.22. The van der Waals surface area contributed by atoms with Gasteiger partial charge in [0, 0.05) is 17.5 Å². The van der Waals surface area contributed by atoms with Gasteiger partial charge < -0.3 is 21.9 Å². The number of hydrogen-bond acceptors (Lipinski definition) is 3. The second kappa shape index (κ2) is 5.22. The van der Waals surface area contributed by atoms with Crippen LogP contribution in [0.5, 0.6) is 0 Å². The average molecular weight is 351 g/mol. The summed E-state index contributed by atoms with van der Waals surface area (Å²) in [5.41, 5.74) is 2.26. The summed E-state index contributed by atoms with van der Waals surface area (Å²) in [4.78, 5) is 6.62. The summed E-state index contributed by atoms with van der Waals surface area (Å²) in [6.45, 7) is 1.83. The van der Waals surface area contributed by atoms with Gasteiger partial charge in [-0.05, 0) is 12.1 Å². The Hall–Kier alpha value is -0.160. The smallest absolute Gasteiger partial charge is 0.168 e. The van der Waals surface area contributed by atoms with E-state index in [1.54, 1.807) is 11.8 Å². The van der Waals surface area contributed by atoms with E-state index >= 15 is 0 Å². The van der Waals surface area contributed by atoms with Crippen LogP contribution in [0.25, 0.3) is 5.70 Å². The molecule has 0 radical (unpaired) electrons. The number of hydrogen-bond donors (Lipinski definition) is 0. The van der Waals surface area contributed by atoms with E-state index in [1.807, 2.05) is 18.2 Å². The molecule has 0 saturated heterocycles. The molecule has 6 heteroatoms. The van der Waals surface area contributed by atoms with Crippen molar-refractivity contribution in [3.63, 3.8) is 0 Å². The first-order chi connectivity index (χ1) is 7.75. The monoisotopic (exact) mass is 349 g/mol. The Bertz CT molecular complexity index is 516. The van der Waals surface area contributed by atoms with Crippen LogP contribution in [0.4, 0.5) is 0 Å². The quantitative estimate of drug-likeness (QED) is 0.741. The predicted molar refractivity (Wildman–Crippen MR) is 71.0 cm³/mol. The molecule has 3 rings (SSSR count). The van der Waals surface area contributed by atoms with E-state index in [4.69, 9.17) is 23.2 Å². The van der Waals surface area contributed by atoms with Crippen molar-refractivity contribution in [1.82, 2.24) is 4.90 Å². The Labute approximate surface area is 124 Å². The van der Waals surface area contributed by atoms with Gasteiger partial charge in [0.15, 0.2) is 5.17 Å². The highest BCUT2D eigenvalue weighted by Crippen LogP contribution is 2.36. The highest BCUT2D eigenvalue weighted by molar-refractivity contribution is 8.16. The lowest BCUT2D eigenvalue weighted by molar-refractivity contribution is -0.00000291. The molecule has 0 spiro atoms. The molecule has 0 bridgehead atoms. The number of fused-ring (bicyclic) bond motifs is 1. The fourth-order valence-electron chi connectivity index (χ4n) is 1.80. The highest BCUT2D eigenvalue weighted by atomic mass is 79.9. The highest BCUT2D eigenvalue weighted by Gasteiger charge is 2.27. The summed E-state index contributed by atoms with van der Waals surface area (Å²) in [5, 5.41) is 4.38. The van der Waals surface area contributed by atoms with Gasteiger partial charge in [0.2, 0.25) is 0 Å². The molecule has 0 fully saturated rings. The third kappa shape index (κ3) is 2.36. The van der Waals surface area contributed by atoms with E-state index in [0.29, 0.717) is 10.0 Å². The van der Waals surface area contributed by atoms with Gasteiger partial charge in [0.1, 0.15) is 0 Å². The van der Waals surface area contributed by atoms with Crippen LogP contribution < -0.4 is 17.0 Å². The van der Waals surface area contributed by atoms with Crippen LogP contribution in [-0.2, 0) is 0 Å². The molecule has 2 heterocycles. The van der Waals surface area contributed by atoms with Crippen molar-refractivity contribution in [3.05, 3.63) is 39.2 Å². The number of aliphatic imine (C=N–C) groups is 1. The zero-order valence-electron chi connectivity index (χ0n) is 8.66. The molecule has 90 valence electrons. The van der Waals surface area contributed by atoms with Gasteiger partial charge in [-0.2, -0.15) is 0 Å². The molecule has 0 N–H and O–H groups in total. The van der Waals surface area contributed by atoms with Crippen molar-refractivity contribution in [3.8, 4) is 0 Å². The molecule has 0 aromatic heterocycles. The van der Waals surface area contributed by atoms with Gasteiger partial charge >= 0.3 is 0 Å². The van der Waals surface area contributed by atoms with E-state index in [0.717, 1.165) is 23.8 Å². The van der Waals surface area contributed by atoms with E-state index < -0.39 is 0 Å². The van der Waals surface area contributed by atoms with E-state index in [1.165, 1.54) is 5.70 Å². The lowest BCUT2D eigenvalue weighted by Gasteiger charge is -2.16. The van der Waals surface area contributed by atoms with Gasteiger partial charge in [0.25, 0.3) is 0 Å². The van der Waals surface area contributed by atoms with Gasteiger partial charge in [0.05, 0.1) is 22.3 Å². The fraction of sp³-hybridized carbons (Fsp3) is 0.182. The molecule has 0 atom stereocenters. The molecule has 1 aromatic rings. The van der Waals surface area contributed by atoms with Crippen molar-refractivity contribution in [2.45, 2.75) is 0 Å². The van der Waals surface area contributed by atoms with Crippen molar-refractivity contribution in [2.24, 2.45) is 4.99 Å². The minimum absolute atomic E-state index is 0. The van der Waals surface area contributed by atoms with Crippen molar-refractivity contribution in [1.29, 1.82) is 0 Å². The molecule has 1 aromatic carbocycles. The van der Waals surface area contributed by atoms with Crippen LogP contribution in [0, 0.1) is 0 Å². The zero-order chi connectivity index (χ0) is 11.1. The summed E-state index contributed by atoms with van der Waals surface area (Å²) in [5.74, 6) is 0. The molecule has 0 saturated carbocycles. The van der Waals surface area contributed by atoms with Crippen LogP contribution in [0.15, 0.2) is 28.6 Å². The maximum Gasteiger partial charge on any atom is 0.168 e. The number of halogens is 3. The molecule has 2 aliphatic rings. The topological polar surface area (TPSA) is 15.6 Å². The number of amidine groups is 1. The SMILES string of the molecule is Clc1ccc(C2=CSC3=NCCN23)cc1Cl.[Br-]. The number of thioether (sulfide) groups is 1. The minimum Gasteiger partial charge on any atom is -1.00 e. The summed E-state index contributed by atoms with van der Waals surface area (Å²) >= 11 is 13.6. The van der Waals surface area contributed by atoms with Gasteiger partial charge in [-0.1, -0.05) is 41.0 Å². The molecule has 0 unspecified atom stereocenters. The minimum atomic E-state index is 0. The third-order valence-corrected chi connectivity index (χ3v) is 4.22. The van der Waals surface area contributed by atoms with Crippen molar-refractivity contribution >= 4 is 45.8 Å². The predicted octanol–water partition coefficient (Wildman–Crippen LogP) is 0.714. The molecule has 0 amide bonds. The Morgan fingerprint density at radius 2 is 2.06 bits per heavy atom. The summed E-state index contributed by atoms with van der Waals surface area (Å²) in [6.07, 6.45) is 0. The largest absolute Gasteiger partial charge is 1.00 e. The lowest BCUT2D eigenvalue weighted by atomic mass is 10.1. The average Bonchev–Trinajstić information content (AvgIpc) is 2.83. The second-order valence-electron chi connectivity index (χ2n) is 3.57. The summed E-state index contributed by atoms with van der Waals surface area (Å²) in [6, 6.07) is 5.72. The van der Waals surface area contributed by atoms with Crippen LogP contribution in [-0.4, -0.2) is 23.2 Å². The molecular weight excluding hydrogens is 343 g/mol. The number of benzene rings is 1. The Morgan fingerprint density at radius 1 is 1.24 bits per heavy atom. The molecular formula is C11H8BrCl2N2S-. The van der Waals surface area contributed by atoms with E-state index in [-0.39, 0.29) is 17.0 Å². The van der Waals surface area contributed by atoms with Gasteiger partial charge in [-0.3, -0.25) is 4.99 Å². The van der Waals surface area contributed by atoms with Crippen molar-refractivity contribution in [2.75, 3.05) is 13.1 Å². The maximum atomic E-state index is 6.02. The first-order valence-corrected chi connectivity index (χ1v) is 6.53. The summed E-state index contributed by atoms with van der Waals surface area (Å²) < 4.78 is 0. The Kier molecular flexibility index (Phi) is 4.08. The lowest BCUT2D eigenvalue weighted by Crippen LogP contribution is -3.00. The zero-order valence-corrected chi connectivity index (χ0v) is 12.6. The maximum absolute atomic E-state index is 6.02. The van der Waals surface area contributed by atoms with Crippen LogP contribution >= 0.6 is 35.0 Å². The van der Waals surface area contributed by atoms with E-state index in [9.17, 15) is 0 Å². The molecule has 2 aliphatic heterocycles. The Morgan fingerprint density at radius 3 is 2.82 bits per heavy atom. The van der Waals surface area contributed by atoms with Crippen LogP contribution in [0.2, 0.25) is 10.0 Å². The number of nitrogens with zero attached hydrogens (tertiary/aromatic N) is 2. The van der Waals surface area contributed by atoms with Crippen LogP contribution in [0.1, 0.15) is 5.56 Å². The van der Waals surface area contributed by atoms with E-state index in [2.05, 4.69) is 15.3 Å². The Balaban J connectivity index is 0.00000108. The standard InChI is InChI=1S/C11H8Cl2N2S.BrH/c12-8-2-1-7(5-9(8)13)10-6-16-11-14-3-4-15(10)11;/h1-2,5-6H,3-4H2;1H/p-1. The first kappa shape index (κ1) is 13.3. The van der Waals surface area contributed by atoms with Crippen molar-refractivity contribution < 1.29 is 17.0 Å². The molecule has 0 aliphatic carbocycles. The normalized spacial score (nSPS) is 17.4. The van der Waals surface area contributed by atoms with Crippen LogP contribution in [0.3, 0.4) is 0 Å². The third-order valence-electron chi connectivity index (χ3n) is 2.58. The summed E-state index contributed by atoms with van der Waals surface area (Å²) in [7, 11) is 0. The molecule has 2 nitrogen and oxygen atoms in total.